The fourth-order valence-corrected chi connectivity index (χ4v) is 3.41. The highest BCUT2D eigenvalue weighted by molar-refractivity contribution is 8.01. The highest BCUT2D eigenvalue weighted by atomic mass is 32.2. The third kappa shape index (κ3) is 4.30. The molecule has 2 aromatic heterocycles. The normalized spacial score (nSPS) is 10.5. The van der Waals surface area contributed by atoms with Crippen molar-refractivity contribution in [3.05, 3.63) is 54.9 Å². The number of nitrogens with zero attached hydrogens (tertiary/aromatic N) is 3. The number of hydrogen-bond acceptors (Lipinski definition) is 7. The zero-order valence-electron chi connectivity index (χ0n) is 12.6. The van der Waals surface area contributed by atoms with Gasteiger partial charge in [0.25, 0.3) is 0 Å². The van der Waals surface area contributed by atoms with E-state index in [1.54, 1.807) is 6.08 Å². The van der Waals surface area contributed by atoms with E-state index in [0.717, 1.165) is 15.7 Å². The first-order valence-corrected chi connectivity index (χ1v) is 8.91. The molecule has 1 aromatic carbocycles. The molecule has 24 heavy (non-hydrogen) atoms. The van der Waals surface area contributed by atoms with Crippen LogP contribution in [0.5, 0.6) is 0 Å². The highest BCUT2D eigenvalue weighted by Gasteiger charge is 2.12. The van der Waals surface area contributed by atoms with Gasteiger partial charge in [0.2, 0.25) is 16.9 Å². The van der Waals surface area contributed by atoms with Crippen molar-refractivity contribution >= 4 is 34.1 Å². The van der Waals surface area contributed by atoms with E-state index in [9.17, 15) is 4.79 Å². The van der Waals surface area contributed by atoms with Crippen molar-refractivity contribution in [2.45, 2.75) is 10.8 Å². The Morgan fingerprint density at radius 2 is 2.17 bits per heavy atom. The van der Waals surface area contributed by atoms with Crippen molar-refractivity contribution in [3.63, 3.8) is 0 Å². The molecule has 0 unspecified atom stereocenters. The maximum atomic E-state index is 12.1. The van der Waals surface area contributed by atoms with Crippen LogP contribution in [0.4, 0.5) is 5.13 Å². The van der Waals surface area contributed by atoms with Crippen LogP contribution in [0.1, 0.15) is 5.69 Å². The lowest BCUT2D eigenvalue weighted by molar-refractivity contribution is -0.115. The minimum absolute atomic E-state index is 0.116. The number of oxazole rings is 1. The predicted octanol–water partition coefficient (Wildman–Crippen LogP) is 3.65. The number of anilines is 1. The van der Waals surface area contributed by atoms with Crippen LogP contribution < -0.4 is 5.32 Å². The van der Waals surface area contributed by atoms with E-state index in [1.807, 2.05) is 30.3 Å². The molecule has 0 aliphatic carbocycles. The van der Waals surface area contributed by atoms with Crippen LogP contribution in [0.3, 0.4) is 0 Å². The lowest BCUT2D eigenvalue weighted by Gasteiger charge is -1.97. The number of aromatic nitrogens is 3. The van der Waals surface area contributed by atoms with Crippen LogP contribution in [0, 0.1) is 0 Å². The monoisotopic (exact) mass is 358 g/mol. The van der Waals surface area contributed by atoms with Gasteiger partial charge in [-0.25, -0.2) is 4.98 Å². The van der Waals surface area contributed by atoms with Crippen molar-refractivity contribution in [1.29, 1.82) is 0 Å². The van der Waals surface area contributed by atoms with Crippen molar-refractivity contribution in [2.24, 2.45) is 0 Å². The summed E-state index contributed by atoms with van der Waals surface area (Å²) in [5, 5.41) is 11.1. The summed E-state index contributed by atoms with van der Waals surface area (Å²) in [6.45, 7) is 3.65. The van der Waals surface area contributed by atoms with Gasteiger partial charge in [-0.15, -0.1) is 16.8 Å². The molecule has 0 saturated carbocycles. The molecule has 2 heterocycles. The Kier molecular flexibility index (Phi) is 5.39. The number of nitrogens with one attached hydrogen (secondary N) is 1. The molecular formula is C16H14N4O2S2. The summed E-state index contributed by atoms with van der Waals surface area (Å²) in [5.74, 6) is 1.04. The highest BCUT2D eigenvalue weighted by Crippen LogP contribution is 2.25. The second-order valence-corrected chi connectivity index (χ2v) is 6.95. The molecule has 1 amide bonds. The molecule has 3 rings (SSSR count). The quantitative estimate of drug-likeness (QED) is 0.394. The van der Waals surface area contributed by atoms with Crippen LogP contribution in [-0.4, -0.2) is 26.8 Å². The number of carbonyl (C=O) groups excluding carboxylic acids is 1. The van der Waals surface area contributed by atoms with Gasteiger partial charge in [0.1, 0.15) is 6.26 Å². The minimum Gasteiger partial charge on any atom is -0.444 e. The van der Waals surface area contributed by atoms with Gasteiger partial charge in [0.05, 0.1) is 12.1 Å². The molecule has 0 spiro atoms. The molecule has 8 heteroatoms. The standard InChI is InChI=1S/C16H14N4O2S2/c1-2-8-23-16-20-19-15(24-16)18-13(21)9-12-10-22-14(17-12)11-6-4-3-5-7-11/h2-7,10H,1,8-9H2,(H,18,19,21). The van der Waals surface area contributed by atoms with Crippen LogP contribution in [0.25, 0.3) is 11.5 Å². The van der Waals surface area contributed by atoms with Gasteiger partial charge < -0.3 is 9.73 Å². The number of carbonyl (C=O) groups is 1. The smallest absolute Gasteiger partial charge is 0.232 e. The third-order valence-corrected chi connectivity index (χ3v) is 4.86. The Morgan fingerprint density at radius 1 is 1.33 bits per heavy atom. The van der Waals surface area contributed by atoms with Gasteiger partial charge >= 0.3 is 0 Å². The van der Waals surface area contributed by atoms with Crippen LogP contribution in [-0.2, 0) is 11.2 Å². The van der Waals surface area contributed by atoms with Crippen LogP contribution in [0.2, 0.25) is 0 Å². The Bertz CT molecular complexity index is 829. The molecule has 0 saturated heterocycles. The Hall–Kier alpha value is -2.45. The maximum Gasteiger partial charge on any atom is 0.232 e. The molecule has 0 radical (unpaired) electrons. The molecule has 3 aromatic rings. The fourth-order valence-electron chi connectivity index (χ4n) is 1.88. The lowest BCUT2D eigenvalue weighted by Crippen LogP contribution is -2.14. The maximum absolute atomic E-state index is 12.1. The molecule has 1 N–H and O–H groups in total. The minimum atomic E-state index is -0.209. The van der Waals surface area contributed by atoms with Gasteiger partial charge in [-0.3, -0.25) is 4.79 Å². The number of hydrogen-bond donors (Lipinski definition) is 1. The van der Waals surface area contributed by atoms with Crippen molar-refractivity contribution in [2.75, 3.05) is 11.1 Å². The number of benzene rings is 1. The first-order chi connectivity index (χ1) is 11.7. The first-order valence-electron chi connectivity index (χ1n) is 7.11. The molecule has 0 aliphatic rings. The summed E-state index contributed by atoms with van der Waals surface area (Å²) in [7, 11) is 0. The average Bonchev–Trinajstić information content (AvgIpc) is 3.23. The fraction of sp³-hybridized carbons (Fsp3) is 0.125. The predicted molar refractivity (Wildman–Crippen MR) is 95.1 cm³/mol. The number of rotatable bonds is 7. The van der Waals surface area contributed by atoms with Crippen molar-refractivity contribution in [3.8, 4) is 11.5 Å². The summed E-state index contributed by atoms with van der Waals surface area (Å²) in [6.07, 6.45) is 3.40. The van der Waals surface area contributed by atoms with Crippen LogP contribution >= 0.6 is 23.1 Å². The van der Waals surface area contributed by atoms with Crippen molar-refractivity contribution in [1.82, 2.24) is 15.2 Å². The molecule has 0 aliphatic heterocycles. The Labute approximate surface area is 147 Å². The second kappa shape index (κ2) is 7.89. The van der Waals surface area contributed by atoms with Gasteiger partial charge in [-0.1, -0.05) is 47.4 Å². The number of thioether (sulfide) groups is 1. The van der Waals surface area contributed by atoms with E-state index in [4.69, 9.17) is 4.42 Å². The molecular weight excluding hydrogens is 344 g/mol. The first kappa shape index (κ1) is 16.4. The van der Waals surface area contributed by atoms with E-state index in [2.05, 4.69) is 27.1 Å². The van der Waals surface area contributed by atoms with Gasteiger partial charge in [0, 0.05) is 11.3 Å². The van der Waals surface area contributed by atoms with E-state index in [-0.39, 0.29) is 12.3 Å². The van der Waals surface area contributed by atoms with E-state index in [1.165, 1.54) is 29.4 Å². The zero-order valence-corrected chi connectivity index (χ0v) is 14.3. The summed E-state index contributed by atoms with van der Waals surface area (Å²) in [6, 6.07) is 9.54. The summed E-state index contributed by atoms with van der Waals surface area (Å²) in [4.78, 5) is 16.4. The summed E-state index contributed by atoms with van der Waals surface area (Å²) in [5.41, 5.74) is 1.44. The van der Waals surface area contributed by atoms with Crippen LogP contribution in [0.15, 0.2) is 58.0 Å². The van der Waals surface area contributed by atoms with Gasteiger partial charge in [-0.2, -0.15) is 0 Å². The topological polar surface area (TPSA) is 80.9 Å². The SMILES string of the molecule is C=CCSc1nnc(NC(=O)Cc2coc(-c3ccccc3)n2)s1. The van der Waals surface area contributed by atoms with Gasteiger partial charge in [0.15, 0.2) is 4.34 Å². The summed E-state index contributed by atoms with van der Waals surface area (Å²) < 4.78 is 6.21. The molecule has 0 fully saturated rings. The van der Waals surface area contributed by atoms with Crippen molar-refractivity contribution < 1.29 is 9.21 Å². The zero-order chi connectivity index (χ0) is 16.8. The Balaban J connectivity index is 1.58. The largest absolute Gasteiger partial charge is 0.444 e. The molecule has 122 valence electrons. The average molecular weight is 358 g/mol. The molecule has 6 nitrogen and oxygen atoms in total. The van der Waals surface area contributed by atoms with Gasteiger partial charge in [-0.05, 0) is 12.1 Å². The third-order valence-electron chi connectivity index (χ3n) is 2.89. The second-order valence-electron chi connectivity index (χ2n) is 4.71. The van der Waals surface area contributed by atoms with E-state index < -0.39 is 0 Å². The molecule has 0 bridgehead atoms. The molecule has 0 atom stereocenters. The van der Waals surface area contributed by atoms with E-state index in [0.29, 0.717) is 16.7 Å². The Morgan fingerprint density at radius 3 is 2.96 bits per heavy atom. The summed E-state index contributed by atoms with van der Waals surface area (Å²) >= 11 is 2.85. The number of amides is 1. The van der Waals surface area contributed by atoms with E-state index >= 15 is 0 Å². The lowest BCUT2D eigenvalue weighted by atomic mass is 10.2.